The normalized spacial score (nSPS) is 11.6. The highest BCUT2D eigenvalue weighted by atomic mass is 19.4. The molecule has 8 nitrogen and oxygen atoms in total. The Bertz CT molecular complexity index is 1180. The van der Waals surface area contributed by atoms with Crippen molar-refractivity contribution in [3.8, 4) is 11.5 Å². The molecule has 30 heavy (non-hydrogen) atoms. The average Bonchev–Trinajstić information content (AvgIpc) is 3.34. The summed E-state index contributed by atoms with van der Waals surface area (Å²) >= 11 is 0. The van der Waals surface area contributed by atoms with Gasteiger partial charge in [0, 0.05) is 30.7 Å². The molecule has 2 N–H and O–H groups in total. The number of carbonyl (C=O) groups excluding carboxylic acids is 1. The highest BCUT2D eigenvalue weighted by Crippen LogP contribution is 2.23. The quantitative estimate of drug-likeness (QED) is 0.516. The third kappa shape index (κ3) is 4.74. The van der Waals surface area contributed by atoms with Crippen LogP contribution in [0.25, 0.3) is 17.1 Å². The topological polar surface area (TPSA) is 97.4 Å². The van der Waals surface area contributed by atoms with Crippen molar-refractivity contribution in [2.24, 2.45) is 0 Å². The molecule has 3 heterocycles. The maximum Gasteiger partial charge on any atom is 0.396 e. The summed E-state index contributed by atoms with van der Waals surface area (Å²) in [5.74, 6) is -0.454. The van der Waals surface area contributed by atoms with Crippen molar-refractivity contribution < 1.29 is 22.5 Å². The van der Waals surface area contributed by atoms with E-state index in [0.717, 1.165) is 5.65 Å². The van der Waals surface area contributed by atoms with Crippen molar-refractivity contribution in [1.29, 1.82) is 0 Å². The number of urea groups is 1. The van der Waals surface area contributed by atoms with Crippen LogP contribution >= 0.6 is 0 Å². The van der Waals surface area contributed by atoms with E-state index in [9.17, 15) is 18.0 Å². The van der Waals surface area contributed by atoms with E-state index < -0.39 is 24.5 Å². The first-order chi connectivity index (χ1) is 14.4. The van der Waals surface area contributed by atoms with E-state index in [1.807, 2.05) is 0 Å². The molecular weight excluding hydrogens is 401 g/mol. The van der Waals surface area contributed by atoms with Gasteiger partial charge in [-0.1, -0.05) is 17.3 Å². The monoisotopic (exact) mass is 416 g/mol. The predicted molar refractivity (Wildman–Crippen MR) is 101 cm³/mol. The second-order valence-corrected chi connectivity index (χ2v) is 6.43. The van der Waals surface area contributed by atoms with Crippen molar-refractivity contribution in [3.05, 3.63) is 66.4 Å². The lowest BCUT2D eigenvalue weighted by atomic mass is 10.1. The van der Waals surface area contributed by atoms with Gasteiger partial charge in [0.25, 0.3) is 5.89 Å². The van der Waals surface area contributed by atoms with Gasteiger partial charge in [0.05, 0.1) is 5.69 Å². The van der Waals surface area contributed by atoms with Gasteiger partial charge < -0.3 is 19.6 Å². The summed E-state index contributed by atoms with van der Waals surface area (Å²) in [5, 5.41) is 8.79. The molecule has 2 amide bonds. The van der Waals surface area contributed by atoms with Gasteiger partial charge in [-0.3, -0.25) is 0 Å². The number of carbonyl (C=O) groups is 1. The first kappa shape index (κ1) is 19.4. The molecule has 3 aromatic heterocycles. The number of rotatable bonds is 5. The number of nitrogens with zero attached hydrogens (tertiary/aromatic N) is 4. The van der Waals surface area contributed by atoms with Gasteiger partial charge in [0.15, 0.2) is 5.82 Å². The van der Waals surface area contributed by atoms with Crippen LogP contribution in [0, 0.1) is 0 Å². The molecule has 4 rings (SSSR count). The van der Waals surface area contributed by atoms with Crippen LogP contribution in [-0.2, 0) is 13.0 Å². The van der Waals surface area contributed by atoms with Crippen LogP contribution in [0.4, 0.5) is 23.7 Å². The van der Waals surface area contributed by atoms with Crippen LogP contribution < -0.4 is 10.6 Å². The minimum Gasteiger partial charge on any atom is -0.334 e. The number of pyridine rings is 1. The minimum absolute atomic E-state index is 0.0193. The summed E-state index contributed by atoms with van der Waals surface area (Å²) in [6.07, 6.45) is -0.523. The first-order valence-corrected chi connectivity index (χ1v) is 8.82. The van der Waals surface area contributed by atoms with E-state index in [4.69, 9.17) is 4.52 Å². The maximum atomic E-state index is 12.4. The van der Waals surface area contributed by atoms with E-state index in [1.165, 1.54) is 0 Å². The van der Waals surface area contributed by atoms with E-state index >= 15 is 0 Å². The van der Waals surface area contributed by atoms with Gasteiger partial charge in [-0.15, -0.1) is 0 Å². The Labute approximate surface area is 167 Å². The van der Waals surface area contributed by atoms with Gasteiger partial charge in [-0.2, -0.15) is 18.2 Å². The molecule has 0 radical (unpaired) electrons. The van der Waals surface area contributed by atoms with Crippen LogP contribution in [-0.4, -0.2) is 31.7 Å². The van der Waals surface area contributed by atoms with Crippen LogP contribution in [0.15, 0.2) is 59.5 Å². The zero-order chi connectivity index (χ0) is 21.1. The molecule has 0 fully saturated rings. The van der Waals surface area contributed by atoms with E-state index in [2.05, 4.69) is 25.8 Å². The molecule has 11 heteroatoms. The molecular formula is C19H15F3N6O2. The molecule has 0 bridgehead atoms. The summed E-state index contributed by atoms with van der Waals surface area (Å²) < 4.78 is 44.0. The SMILES string of the molecule is O=C(NCc1cccc(-c2nc(CC(F)(F)F)no2)c1)Nc1ccc2nccn2c1. The van der Waals surface area contributed by atoms with Crippen LogP contribution in [0.1, 0.15) is 11.4 Å². The zero-order valence-electron chi connectivity index (χ0n) is 15.3. The molecule has 0 saturated heterocycles. The maximum absolute atomic E-state index is 12.4. The fraction of sp³-hybridized carbons (Fsp3) is 0.158. The number of nitrogens with one attached hydrogen (secondary N) is 2. The second-order valence-electron chi connectivity index (χ2n) is 6.43. The Morgan fingerprint density at radius 2 is 2.07 bits per heavy atom. The highest BCUT2D eigenvalue weighted by Gasteiger charge is 2.30. The van der Waals surface area contributed by atoms with Gasteiger partial charge in [0.1, 0.15) is 12.1 Å². The molecule has 0 atom stereocenters. The number of imidazole rings is 1. The van der Waals surface area contributed by atoms with Crippen molar-refractivity contribution in [1.82, 2.24) is 24.8 Å². The number of amides is 2. The van der Waals surface area contributed by atoms with Crippen LogP contribution in [0.5, 0.6) is 0 Å². The van der Waals surface area contributed by atoms with Crippen molar-refractivity contribution in [3.63, 3.8) is 0 Å². The number of aromatic nitrogens is 4. The largest absolute Gasteiger partial charge is 0.396 e. The molecule has 1 aromatic carbocycles. The van der Waals surface area contributed by atoms with Crippen molar-refractivity contribution >= 4 is 17.4 Å². The molecule has 0 aliphatic carbocycles. The number of benzene rings is 1. The molecule has 0 unspecified atom stereocenters. The number of hydrogen-bond donors (Lipinski definition) is 2. The van der Waals surface area contributed by atoms with Crippen molar-refractivity contribution in [2.45, 2.75) is 19.1 Å². The Hall–Kier alpha value is -3.89. The van der Waals surface area contributed by atoms with Gasteiger partial charge in [-0.25, -0.2) is 9.78 Å². The molecule has 4 aromatic rings. The molecule has 0 aliphatic rings. The van der Waals surface area contributed by atoms with E-state index in [-0.39, 0.29) is 12.4 Å². The molecule has 0 spiro atoms. The molecule has 0 saturated carbocycles. The fourth-order valence-electron chi connectivity index (χ4n) is 2.79. The Morgan fingerprint density at radius 3 is 2.90 bits per heavy atom. The number of hydrogen-bond acceptors (Lipinski definition) is 5. The van der Waals surface area contributed by atoms with E-state index in [1.54, 1.807) is 59.4 Å². The minimum atomic E-state index is -4.41. The lowest BCUT2D eigenvalue weighted by Gasteiger charge is -2.08. The zero-order valence-corrected chi connectivity index (χ0v) is 15.3. The summed E-state index contributed by atoms with van der Waals surface area (Å²) in [6, 6.07) is 9.83. The summed E-state index contributed by atoms with van der Waals surface area (Å²) in [6.45, 7) is 0.191. The average molecular weight is 416 g/mol. The Balaban J connectivity index is 1.37. The highest BCUT2D eigenvalue weighted by molar-refractivity contribution is 5.89. The number of fused-ring (bicyclic) bond motifs is 1. The first-order valence-electron chi connectivity index (χ1n) is 8.82. The fourth-order valence-corrected chi connectivity index (χ4v) is 2.79. The van der Waals surface area contributed by atoms with Gasteiger partial charge >= 0.3 is 12.2 Å². The Kier molecular flexibility index (Phi) is 5.09. The number of halogens is 3. The number of anilines is 1. The Morgan fingerprint density at radius 1 is 1.20 bits per heavy atom. The van der Waals surface area contributed by atoms with Crippen LogP contribution in [0.3, 0.4) is 0 Å². The molecule has 0 aliphatic heterocycles. The standard InChI is InChI=1S/C19H15F3N6O2/c20-19(21,22)9-15-26-17(30-27-15)13-3-1-2-12(8-13)10-24-18(29)25-14-4-5-16-23-6-7-28(16)11-14/h1-8,11H,9-10H2,(H2,24,25,29). The van der Waals surface area contributed by atoms with Crippen molar-refractivity contribution in [2.75, 3.05) is 5.32 Å². The predicted octanol–water partition coefficient (Wildman–Crippen LogP) is 3.81. The number of alkyl halides is 3. The van der Waals surface area contributed by atoms with Gasteiger partial charge in [0.2, 0.25) is 0 Å². The second kappa shape index (κ2) is 7.85. The van der Waals surface area contributed by atoms with Crippen LogP contribution in [0.2, 0.25) is 0 Å². The van der Waals surface area contributed by atoms with E-state index in [0.29, 0.717) is 16.8 Å². The molecule has 154 valence electrons. The summed E-state index contributed by atoms with van der Waals surface area (Å²) in [7, 11) is 0. The smallest absolute Gasteiger partial charge is 0.334 e. The third-order valence-corrected chi connectivity index (χ3v) is 4.10. The third-order valence-electron chi connectivity index (χ3n) is 4.10. The summed E-state index contributed by atoms with van der Waals surface area (Å²) in [4.78, 5) is 20.1. The van der Waals surface area contributed by atoms with Gasteiger partial charge in [-0.05, 0) is 29.8 Å². The lowest BCUT2D eigenvalue weighted by molar-refractivity contribution is -0.128. The summed E-state index contributed by atoms with van der Waals surface area (Å²) in [5.41, 5.74) is 2.52. The lowest BCUT2D eigenvalue weighted by Crippen LogP contribution is -2.28.